The van der Waals surface area contributed by atoms with Gasteiger partial charge in [-0.2, -0.15) is 0 Å². The van der Waals surface area contributed by atoms with Crippen LogP contribution in [0.4, 0.5) is 0 Å². The van der Waals surface area contributed by atoms with Crippen molar-refractivity contribution >= 4 is 21.4 Å². The van der Waals surface area contributed by atoms with Crippen LogP contribution in [0.1, 0.15) is 32.8 Å². The second-order valence-corrected chi connectivity index (χ2v) is 7.12. The number of likely N-dealkylation sites (N-methyl/N-ethyl adjacent to an activating group) is 1. The molecule has 1 aromatic carbocycles. The van der Waals surface area contributed by atoms with Crippen LogP contribution in [-0.2, 0) is 6.42 Å². The van der Waals surface area contributed by atoms with Gasteiger partial charge in [0.25, 0.3) is 0 Å². The van der Waals surface area contributed by atoms with Gasteiger partial charge in [-0.3, -0.25) is 0 Å². The van der Waals surface area contributed by atoms with Gasteiger partial charge in [0.2, 0.25) is 0 Å². The van der Waals surface area contributed by atoms with Crippen molar-refractivity contribution in [2.45, 2.75) is 39.7 Å². The Balaban J connectivity index is 2.17. The second kappa shape index (κ2) is 5.41. The Morgan fingerprint density at radius 1 is 1.22 bits per heavy atom. The highest BCUT2D eigenvalue weighted by Gasteiger charge is 2.18. The first-order valence-electron chi connectivity index (χ1n) is 6.62. The van der Waals surface area contributed by atoms with Gasteiger partial charge < -0.3 is 5.32 Å². The third-order valence-corrected chi connectivity index (χ3v) is 4.31. The first kappa shape index (κ1) is 13.6. The maximum absolute atomic E-state index is 3.47. The summed E-state index contributed by atoms with van der Waals surface area (Å²) in [7, 11) is 2.07. The molecule has 18 heavy (non-hydrogen) atoms. The van der Waals surface area contributed by atoms with E-state index < -0.39 is 0 Å². The zero-order valence-corrected chi connectivity index (χ0v) is 12.6. The summed E-state index contributed by atoms with van der Waals surface area (Å²) in [6, 6.07) is 9.26. The van der Waals surface area contributed by atoms with Crippen molar-refractivity contribution in [3.8, 4) is 0 Å². The van der Waals surface area contributed by atoms with E-state index in [4.69, 9.17) is 0 Å². The van der Waals surface area contributed by atoms with Gasteiger partial charge in [0, 0.05) is 10.7 Å². The lowest BCUT2D eigenvalue weighted by Gasteiger charge is -2.25. The van der Waals surface area contributed by atoms with Gasteiger partial charge in [-0.1, -0.05) is 39.0 Å². The second-order valence-electron chi connectivity index (χ2n) is 6.21. The molecule has 0 aliphatic rings. The summed E-state index contributed by atoms with van der Waals surface area (Å²) in [6.45, 7) is 6.93. The first-order chi connectivity index (χ1) is 8.49. The Morgan fingerprint density at radius 3 is 2.61 bits per heavy atom. The highest BCUT2D eigenvalue weighted by Crippen LogP contribution is 2.29. The van der Waals surface area contributed by atoms with Gasteiger partial charge >= 0.3 is 0 Å². The lowest BCUT2D eigenvalue weighted by molar-refractivity contribution is 0.316. The van der Waals surface area contributed by atoms with E-state index in [0.717, 1.165) is 6.42 Å². The molecule has 98 valence electrons. The topological polar surface area (TPSA) is 12.0 Å². The van der Waals surface area contributed by atoms with Crippen LogP contribution in [0.25, 0.3) is 10.1 Å². The Labute approximate surface area is 114 Å². The number of nitrogens with one attached hydrogen (secondary N) is 1. The van der Waals surface area contributed by atoms with Gasteiger partial charge in [-0.15, -0.1) is 11.3 Å². The molecule has 0 fully saturated rings. The fourth-order valence-electron chi connectivity index (χ4n) is 2.47. The predicted octanol–water partition coefficient (Wildman–Crippen LogP) is 4.47. The molecule has 1 nitrogen and oxygen atoms in total. The molecular weight excluding hydrogens is 238 g/mol. The van der Waals surface area contributed by atoms with Crippen LogP contribution in [-0.4, -0.2) is 13.1 Å². The van der Waals surface area contributed by atoms with Crippen LogP contribution in [0, 0.1) is 5.41 Å². The van der Waals surface area contributed by atoms with Crippen molar-refractivity contribution in [2.24, 2.45) is 5.41 Å². The summed E-state index contributed by atoms with van der Waals surface area (Å²) in [5.41, 5.74) is 1.86. The molecule has 1 unspecified atom stereocenters. The average molecular weight is 261 g/mol. The van der Waals surface area contributed by atoms with Crippen LogP contribution < -0.4 is 5.32 Å². The fourth-order valence-corrected chi connectivity index (χ4v) is 3.45. The third-order valence-electron chi connectivity index (χ3n) is 3.29. The summed E-state index contributed by atoms with van der Waals surface area (Å²) < 4.78 is 1.40. The molecule has 0 bridgehead atoms. The number of fused-ring (bicyclic) bond motifs is 1. The summed E-state index contributed by atoms with van der Waals surface area (Å²) in [5.74, 6) is 0. The van der Waals surface area contributed by atoms with Crippen LogP contribution in [0.3, 0.4) is 0 Å². The standard InChI is InChI=1S/C16H23NS/c1-16(2,3)10-13(17-4)9-12-11-18-15-8-6-5-7-14(12)15/h5-8,11,13,17H,9-10H2,1-4H3. The minimum Gasteiger partial charge on any atom is -0.317 e. The molecule has 0 saturated heterocycles. The summed E-state index contributed by atoms with van der Waals surface area (Å²) in [5, 5.41) is 7.21. The van der Waals surface area contributed by atoms with Crippen molar-refractivity contribution < 1.29 is 0 Å². The van der Waals surface area contributed by atoms with Crippen molar-refractivity contribution in [1.82, 2.24) is 5.32 Å². The van der Waals surface area contributed by atoms with Gasteiger partial charge in [-0.05, 0) is 47.7 Å². The number of hydrogen-bond acceptors (Lipinski definition) is 2. The van der Waals surface area contributed by atoms with Crippen LogP contribution in [0.5, 0.6) is 0 Å². The van der Waals surface area contributed by atoms with E-state index in [0.29, 0.717) is 11.5 Å². The summed E-state index contributed by atoms with van der Waals surface area (Å²) in [6.07, 6.45) is 2.32. The SMILES string of the molecule is CNC(Cc1csc2ccccc12)CC(C)(C)C. The van der Waals surface area contributed by atoms with Crippen LogP contribution >= 0.6 is 11.3 Å². The summed E-state index contributed by atoms with van der Waals surface area (Å²) >= 11 is 1.86. The van der Waals surface area contributed by atoms with E-state index >= 15 is 0 Å². The molecule has 0 radical (unpaired) electrons. The fraction of sp³-hybridized carbons (Fsp3) is 0.500. The molecule has 1 atom stereocenters. The predicted molar refractivity (Wildman–Crippen MR) is 82.4 cm³/mol. The van der Waals surface area contributed by atoms with E-state index in [1.54, 1.807) is 0 Å². The van der Waals surface area contributed by atoms with Crippen LogP contribution in [0.2, 0.25) is 0 Å². The molecule has 0 aliphatic heterocycles. The van der Waals surface area contributed by atoms with Crippen molar-refractivity contribution in [1.29, 1.82) is 0 Å². The first-order valence-corrected chi connectivity index (χ1v) is 7.50. The quantitative estimate of drug-likeness (QED) is 0.856. The molecule has 0 aliphatic carbocycles. The van der Waals surface area contributed by atoms with Crippen molar-refractivity contribution in [2.75, 3.05) is 7.05 Å². The largest absolute Gasteiger partial charge is 0.317 e. The zero-order chi connectivity index (χ0) is 13.2. The third kappa shape index (κ3) is 3.33. The molecule has 1 N–H and O–H groups in total. The van der Waals surface area contributed by atoms with Gasteiger partial charge in [0.1, 0.15) is 0 Å². The number of rotatable bonds is 4. The normalized spacial score (nSPS) is 14.0. The van der Waals surface area contributed by atoms with Gasteiger partial charge in [0.05, 0.1) is 0 Å². The molecule has 0 amide bonds. The van der Waals surface area contributed by atoms with Crippen molar-refractivity contribution in [3.05, 3.63) is 35.2 Å². The highest BCUT2D eigenvalue weighted by molar-refractivity contribution is 7.17. The molecule has 1 aromatic heterocycles. The lowest BCUT2D eigenvalue weighted by Crippen LogP contribution is -2.31. The monoisotopic (exact) mass is 261 g/mol. The Hall–Kier alpha value is -0.860. The zero-order valence-electron chi connectivity index (χ0n) is 11.8. The van der Waals surface area contributed by atoms with E-state index in [9.17, 15) is 0 Å². The molecule has 2 heteroatoms. The Morgan fingerprint density at radius 2 is 1.94 bits per heavy atom. The van der Waals surface area contributed by atoms with Gasteiger partial charge in [-0.25, -0.2) is 0 Å². The maximum Gasteiger partial charge on any atom is 0.0345 e. The number of thiophene rings is 1. The minimum atomic E-state index is 0.375. The molecule has 0 saturated carbocycles. The molecule has 2 aromatic rings. The minimum absolute atomic E-state index is 0.375. The Bertz CT molecular complexity index is 507. The molecule has 2 rings (SSSR count). The summed E-state index contributed by atoms with van der Waals surface area (Å²) in [4.78, 5) is 0. The van der Waals surface area contributed by atoms with E-state index in [1.165, 1.54) is 22.1 Å². The van der Waals surface area contributed by atoms with Gasteiger partial charge in [0.15, 0.2) is 0 Å². The molecule has 1 heterocycles. The van der Waals surface area contributed by atoms with E-state index in [1.807, 2.05) is 11.3 Å². The Kier molecular flexibility index (Phi) is 4.08. The van der Waals surface area contributed by atoms with Crippen molar-refractivity contribution in [3.63, 3.8) is 0 Å². The number of hydrogen-bond donors (Lipinski definition) is 1. The van der Waals surface area contributed by atoms with E-state index in [-0.39, 0.29) is 0 Å². The lowest BCUT2D eigenvalue weighted by atomic mass is 9.86. The molecule has 0 spiro atoms. The molecular formula is C16H23NS. The van der Waals surface area contributed by atoms with E-state index in [2.05, 4.69) is 62.8 Å². The maximum atomic E-state index is 3.47. The highest BCUT2D eigenvalue weighted by atomic mass is 32.1. The van der Waals surface area contributed by atoms with Crippen LogP contribution in [0.15, 0.2) is 29.6 Å². The number of benzene rings is 1. The smallest absolute Gasteiger partial charge is 0.0345 e. The average Bonchev–Trinajstić information content (AvgIpc) is 2.70.